The Balaban J connectivity index is 1.70. The Morgan fingerprint density at radius 1 is 1.00 bits per heavy atom. The van der Waals surface area contributed by atoms with Gasteiger partial charge in [0.1, 0.15) is 5.82 Å². The molecule has 2 aromatic rings. The molecule has 12 heteroatoms. The van der Waals surface area contributed by atoms with Gasteiger partial charge in [-0.15, -0.1) is 0 Å². The van der Waals surface area contributed by atoms with E-state index in [-0.39, 0.29) is 42.3 Å². The van der Waals surface area contributed by atoms with Gasteiger partial charge in [-0.05, 0) is 74.6 Å². The van der Waals surface area contributed by atoms with Gasteiger partial charge in [0, 0.05) is 37.4 Å². The Labute approximate surface area is 233 Å². The number of halogens is 7. The molecule has 2 amide bonds. The Kier molecular flexibility index (Phi) is 8.20. The fraction of sp³-hybridized carbons (Fsp3) is 0.517. The first-order valence-electron chi connectivity index (χ1n) is 13.2. The largest absolute Gasteiger partial charge is 0.416 e. The molecule has 2 unspecified atom stereocenters. The molecule has 0 aliphatic carbocycles. The van der Waals surface area contributed by atoms with E-state index in [4.69, 9.17) is 4.74 Å². The van der Waals surface area contributed by atoms with Crippen molar-refractivity contribution in [2.45, 2.75) is 82.6 Å². The predicted molar refractivity (Wildman–Crippen MR) is 135 cm³/mol. The van der Waals surface area contributed by atoms with Gasteiger partial charge >= 0.3 is 12.4 Å². The summed E-state index contributed by atoms with van der Waals surface area (Å²) in [6.07, 6.45) is -11.5. The van der Waals surface area contributed by atoms with E-state index in [0.717, 1.165) is 0 Å². The number of ether oxygens (including phenoxy) is 1. The number of alkyl halides is 6. The third-order valence-corrected chi connectivity index (χ3v) is 8.09. The number of hydrogen-bond donors (Lipinski definition) is 1. The van der Waals surface area contributed by atoms with Gasteiger partial charge < -0.3 is 15.0 Å². The SMILES string of the molecule is CC(=O)NC(C)(C)C1CC(=O)N2C[C@H](O[C@H](C)c3cc(C(F)(F)F)cc(C(F)(F)F)c3)C(c3ccc(F)cc3)[C@@H]2C1. The summed E-state index contributed by atoms with van der Waals surface area (Å²) in [7, 11) is 0. The summed E-state index contributed by atoms with van der Waals surface area (Å²) in [5.41, 5.74) is -3.34. The number of fused-ring (bicyclic) bond motifs is 1. The second-order valence-electron chi connectivity index (χ2n) is 11.4. The van der Waals surface area contributed by atoms with Crippen molar-refractivity contribution < 1.29 is 45.1 Å². The van der Waals surface area contributed by atoms with Crippen LogP contribution in [-0.2, 0) is 26.7 Å². The molecule has 2 aromatic carbocycles. The van der Waals surface area contributed by atoms with E-state index >= 15 is 0 Å². The average molecular weight is 589 g/mol. The molecule has 224 valence electrons. The number of piperidine rings is 1. The van der Waals surface area contributed by atoms with Crippen molar-refractivity contribution in [2.75, 3.05) is 6.54 Å². The van der Waals surface area contributed by atoms with Crippen LogP contribution in [0.25, 0.3) is 0 Å². The third-order valence-electron chi connectivity index (χ3n) is 8.09. The molecule has 2 saturated heterocycles. The molecule has 5 nitrogen and oxygen atoms in total. The van der Waals surface area contributed by atoms with Crippen LogP contribution in [0.3, 0.4) is 0 Å². The maximum atomic E-state index is 13.8. The van der Waals surface area contributed by atoms with Gasteiger partial charge in [0.2, 0.25) is 11.8 Å². The summed E-state index contributed by atoms with van der Waals surface area (Å²) >= 11 is 0. The number of nitrogens with zero attached hydrogens (tertiary/aromatic N) is 1. The Bertz CT molecular complexity index is 1260. The number of amides is 2. The molecule has 1 N–H and O–H groups in total. The molecule has 2 aliphatic heterocycles. The standard InChI is InChI=1S/C29H31F7N2O3/c1-15(18-9-20(28(31,32)33)11-21(10-18)29(34,35)36)41-24-14-38-23(26(24)17-5-7-22(30)8-6-17)12-19(13-25(38)40)27(3,4)37-16(2)39/h5-11,15,19,23-24,26H,12-14H2,1-4H3,(H,37,39)/t15-,19?,23+,24+,26?/m1/s1. The number of carbonyl (C=O) groups excluding carboxylic acids is 2. The number of carbonyl (C=O) groups is 2. The fourth-order valence-corrected chi connectivity index (χ4v) is 6.06. The number of nitrogens with one attached hydrogen (secondary N) is 1. The van der Waals surface area contributed by atoms with E-state index in [1.165, 1.54) is 38.1 Å². The molecule has 0 bridgehead atoms. The summed E-state index contributed by atoms with van der Waals surface area (Å²) < 4.78 is 101. The molecular formula is C29H31F7N2O3. The maximum absolute atomic E-state index is 13.8. The van der Waals surface area contributed by atoms with Gasteiger partial charge in [-0.25, -0.2) is 4.39 Å². The van der Waals surface area contributed by atoms with Crippen LogP contribution in [-0.4, -0.2) is 40.9 Å². The molecule has 0 spiro atoms. The zero-order valence-corrected chi connectivity index (χ0v) is 22.9. The van der Waals surface area contributed by atoms with Crippen molar-refractivity contribution in [2.24, 2.45) is 5.92 Å². The first kappa shape index (κ1) is 30.8. The van der Waals surface area contributed by atoms with Crippen LogP contribution in [0, 0.1) is 11.7 Å². The van der Waals surface area contributed by atoms with Crippen molar-refractivity contribution in [1.29, 1.82) is 0 Å². The average Bonchev–Trinajstić information content (AvgIpc) is 3.21. The highest BCUT2D eigenvalue weighted by Gasteiger charge is 2.51. The lowest BCUT2D eigenvalue weighted by Gasteiger charge is -2.43. The zero-order valence-electron chi connectivity index (χ0n) is 22.9. The number of hydrogen-bond acceptors (Lipinski definition) is 3. The molecule has 4 rings (SSSR count). The van der Waals surface area contributed by atoms with E-state index in [0.29, 0.717) is 24.1 Å². The number of rotatable bonds is 6. The van der Waals surface area contributed by atoms with Crippen molar-refractivity contribution in [3.8, 4) is 0 Å². The molecule has 0 radical (unpaired) electrons. The normalized spacial score (nSPS) is 24.3. The van der Waals surface area contributed by atoms with Crippen LogP contribution in [0.15, 0.2) is 42.5 Å². The quantitative estimate of drug-likeness (QED) is 0.386. The second-order valence-corrected chi connectivity index (χ2v) is 11.4. The first-order chi connectivity index (χ1) is 18.9. The second kappa shape index (κ2) is 10.9. The molecule has 41 heavy (non-hydrogen) atoms. The molecule has 2 aliphatic rings. The van der Waals surface area contributed by atoms with Crippen LogP contribution in [0.4, 0.5) is 30.7 Å². The molecule has 0 saturated carbocycles. The summed E-state index contributed by atoms with van der Waals surface area (Å²) in [6.45, 7) is 6.41. The molecule has 2 heterocycles. The fourth-order valence-electron chi connectivity index (χ4n) is 6.06. The molecule has 5 atom stereocenters. The van der Waals surface area contributed by atoms with Crippen LogP contribution >= 0.6 is 0 Å². The highest BCUT2D eigenvalue weighted by atomic mass is 19.4. The monoisotopic (exact) mass is 588 g/mol. The van der Waals surface area contributed by atoms with Crippen LogP contribution in [0.2, 0.25) is 0 Å². The van der Waals surface area contributed by atoms with Gasteiger partial charge in [0.05, 0.1) is 23.3 Å². The predicted octanol–water partition coefficient (Wildman–Crippen LogP) is 6.63. The summed E-state index contributed by atoms with van der Waals surface area (Å²) in [4.78, 5) is 26.7. The van der Waals surface area contributed by atoms with Crippen LogP contribution in [0.1, 0.15) is 74.8 Å². The van der Waals surface area contributed by atoms with E-state index in [2.05, 4.69) is 5.32 Å². The lowest BCUT2D eigenvalue weighted by atomic mass is 9.74. The summed E-state index contributed by atoms with van der Waals surface area (Å²) in [5, 5.41) is 2.88. The van der Waals surface area contributed by atoms with Crippen LogP contribution in [0.5, 0.6) is 0 Å². The van der Waals surface area contributed by atoms with Gasteiger partial charge in [-0.3, -0.25) is 9.59 Å². The Morgan fingerprint density at radius 2 is 1.56 bits per heavy atom. The number of benzene rings is 2. The first-order valence-corrected chi connectivity index (χ1v) is 13.2. The van der Waals surface area contributed by atoms with E-state index in [9.17, 15) is 40.3 Å². The minimum Gasteiger partial charge on any atom is -0.368 e. The maximum Gasteiger partial charge on any atom is 0.416 e. The van der Waals surface area contributed by atoms with E-state index < -0.39 is 59.0 Å². The van der Waals surface area contributed by atoms with Gasteiger partial charge in [0.15, 0.2) is 0 Å². The molecule has 0 aromatic heterocycles. The Hall–Kier alpha value is -3.15. The lowest BCUT2D eigenvalue weighted by molar-refractivity contribution is -0.143. The summed E-state index contributed by atoms with van der Waals surface area (Å²) in [5.74, 6) is -1.79. The third kappa shape index (κ3) is 6.68. The smallest absolute Gasteiger partial charge is 0.368 e. The van der Waals surface area contributed by atoms with Crippen molar-refractivity contribution in [1.82, 2.24) is 10.2 Å². The highest BCUT2D eigenvalue weighted by molar-refractivity contribution is 5.79. The lowest BCUT2D eigenvalue weighted by Crippen LogP contribution is -2.55. The van der Waals surface area contributed by atoms with E-state index in [1.54, 1.807) is 4.90 Å². The van der Waals surface area contributed by atoms with Crippen molar-refractivity contribution in [3.05, 3.63) is 70.5 Å². The minimum absolute atomic E-state index is 0.0499. The molecule has 2 fully saturated rings. The van der Waals surface area contributed by atoms with Gasteiger partial charge in [-0.1, -0.05) is 12.1 Å². The van der Waals surface area contributed by atoms with Crippen molar-refractivity contribution in [3.63, 3.8) is 0 Å². The van der Waals surface area contributed by atoms with Crippen LogP contribution < -0.4 is 5.32 Å². The topological polar surface area (TPSA) is 58.6 Å². The minimum atomic E-state index is -5.01. The zero-order chi connectivity index (χ0) is 30.5. The van der Waals surface area contributed by atoms with E-state index in [1.807, 2.05) is 13.8 Å². The Morgan fingerprint density at radius 3 is 2.07 bits per heavy atom. The highest BCUT2D eigenvalue weighted by Crippen LogP contribution is 2.46. The summed E-state index contributed by atoms with van der Waals surface area (Å²) in [6, 6.07) is 6.41. The molecular weight excluding hydrogens is 557 g/mol. The van der Waals surface area contributed by atoms with Gasteiger partial charge in [0.25, 0.3) is 0 Å². The van der Waals surface area contributed by atoms with Crippen molar-refractivity contribution >= 4 is 11.8 Å². The van der Waals surface area contributed by atoms with Gasteiger partial charge in [-0.2, -0.15) is 26.3 Å².